The first-order valence-corrected chi connectivity index (χ1v) is 7.06. The molecule has 22 heavy (non-hydrogen) atoms. The Kier molecular flexibility index (Phi) is 2.96. The summed E-state index contributed by atoms with van der Waals surface area (Å²) < 4.78 is 5.85. The number of pyridine rings is 1. The van der Waals surface area contributed by atoms with Crippen LogP contribution in [0.1, 0.15) is 5.76 Å². The molecule has 5 nitrogen and oxygen atoms in total. The van der Waals surface area contributed by atoms with E-state index < -0.39 is 0 Å². The van der Waals surface area contributed by atoms with Gasteiger partial charge in [-0.1, -0.05) is 18.2 Å². The van der Waals surface area contributed by atoms with E-state index in [-0.39, 0.29) is 0 Å². The maximum Gasteiger partial charge on any atom is 0.180 e. The molecule has 1 aromatic carbocycles. The molecule has 0 atom stereocenters. The van der Waals surface area contributed by atoms with Gasteiger partial charge in [-0.15, -0.1) is 0 Å². The fourth-order valence-electron chi connectivity index (χ4n) is 2.49. The number of rotatable bonds is 3. The topological polar surface area (TPSA) is 55.1 Å². The summed E-state index contributed by atoms with van der Waals surface area (Å²) in [6.45, 7) is 0.646. The average molecular weight is 290 g/mol. The molecule has 0 spiro atoms. The van der Waals surface area contributed by atoms with Gasteiger partial charge in [0, 0.05) is 24.8 Å². The molecule has 5 heteroatoms. The third-order valence-electron chi connectivity index (χ3n) is 3.58. The maximum absolute atomic E-state index is 5.85. The molecule has 0 aliphatic heterocycles. The molecule has 0 amide bonds. The lowest BCUT2D eigenvalue weighted by Crippen LogP contribution is -2.17. The number of anilines is 1. The molecule has 0 N–H and O–H groups in total. The largest absolute Gasteiger partial charge is 0.459 e. The van der Waals surface area contributed by atoms with Crippen LogP contribution in [0.15, 0.2) is 59.3 Å². The van der Waals surface area contributed by atoms with Crippen molar-refractivity contribution < 1.29 is 4.42 Å². The van der Waals surface area contributed by atoms with Gasteiger partial charge in [0.25, 0.3) is 0 Å². The molecule has 0 unspecified atom stereocenters. The summed E-state index contributed by atoms with van der Waals surface area (Å²) in [4.78, 5) is 15.0. The molecule has 108 valence electrons. The van der Waals surface area contributed by atoms with Crippen molar-refractivity contribution in [2.45, 2.75) is 6.54 Å². The number of hydrogen-bond acceptors (Lipinski definition) is 5. The van der Waals surface area contributed by atoms with Gasteiger partial charge in [-0.2, -0.15) is 0 Å². The number of aromatic nitrogens is 3. The SMILES string of the molecule is CN(Cc1cc2ccccc2o1)c1ccc2nccnc2n1. The highest BCUT2D eigenvalue weighted by atomic mass is 16.3. The van der Waals surface area contributed by atoms with Crippen LogP contribution in [0.4, 0.5) is 5.82 Å². The summed E-state index contributed by atoms with van der Waals surface area (Å²) in [5.41, 5.74) is 2.35. The van der Waals surface area contributed by atoms with Gasteiger partial charge in [0.1, 0.15) is 22.7 Å². The van der Waals surface area contributed by atoms with Gasteiger partial charge in [-0.25, -0.2) is 9.97 Å². The van der Waals surface area contributed by atoms with E-state index in [4.69, 9.17) is 4.42 Å². The minimum absolute atomic E-state index is 0.646. The highest BCUT2D eigenvalue weighted by Crippen LogP contribution is 2.21. The second-order valence-corrected chi connectivity index (χ2v) is 5.18. The second kappa shape index (κ2) is 5.11. The van der Waals surface area contributed by atoms with E-state index in [1.54, 1.807) is 12.4 Å². The van der Waals surface area contributed by atoms with Gasteiger partial charge in [-0.3, -0.25) is 4.98 Å². The van der Waals surface area contributed by atoms with Crippen LogP contribution in [-0.4, -0.2) is 22.0 Å². The summed E-state index contributed by atoms with van der Waals surface area (Å²) in [7, 11) is 1.98. The molecule has 0 saturated carbocycles. The van der Waals surface area contributed by atoms with Gasteiger partial charge >= 0.3 is 0 Å². The van der Waals surface area contributed by atoms with Gasteiger partial charge in [-0.05, 0) is 24.3 Å². The zero-order valence-corrected chi connectivity index (χ0v) is 12.1. The molecule has 3 aromatic heterocycles. The van der Waals surface area contributed by atoms with Crippen molar-refractivity contribution in [1.82, 2.24) is 15.0 Å². The molecule has 0 aliphatic carbocycles. The van der Waals surface area contributed by atoms with Crippen molar-refractivity contribution in [2.75, 3.05) is 11.9 Å². The first kappa shape index (κ1) is 12.8. The van der Waals surface area contributed by atoms with E-state index in [1.807, 2.05) is 48.3 Å². The van der Waals surface area contributed by atoms with Crippen LogP contribution >= 0.6 is 0 Å². The second-order valence-electron chi connectivity index (χ2n) is 5.18. The molecule has 0 aliphatic rings. The molecule has 0 radical (unpaired) electrons. The Hall–Kier alpha value is -2.95. The highest BCUT2D eigenvalue weighted by molar-refractivity contribution is 5.77. The lowest BCUT2D eigenvalue weighted by Gasteiger charge is -2.16. The van der Waals surface area contributed by atoms with E-state index in [1.165, 1.54) is 0 Å². The van der Waals surface area contributed by atoms with Crippen molar-refractivity contribution in [3.8, 4) is 0 Å². The van der Waals surface area contributed by atoms with Crippen molar-refractivity contribution in [2.24, 2.45) is 0 Å². The van der Waals surface area contributed by atoms with E-state index in [2.05, 4.69) is 21.0 Å². The van der Waals surface area contributed by atoms with Gasteiger partial charge in [0.05, 0.1) is 6.54 Å². The van der Waals surface area contributed by atoms with Gasteiger partial charge < -0.3 is 9.32 Å². The minimum Gasteiger partial charge on any atom is -0.459 e. The molecule has 0 bridgehead atoms. The Balaban J connectivity index is 1.63. The van der Waals surface area contributed by atoms with Crippen molar-refractivity contribution in [1.29, 1.82) is 0 Å². The van der Waals surface area contributed by atoms with Crippen LogP contribution < -0.4 is 4.90 Å². The highest BCUT2D eigenvalue weighted by Gasteiger charge is 2.09. The summed E-state index contributed by atoms with van der Waals surface area (Å²) in [6, 6.07) is 13.9. The number of nitrogens with zero attached hydrogens (tertiary/aromatic N) is 4. The summed E-state index contributed by atoms with van der Waals surface area (Å²) in [6.07, 6.45) is 3.32. The van der Waals surface area contributed by atoms with E-state index in [0.29, 0.717) is 12.2 Å². The summed E-state index contributed by atoms with van der Waals surface area (Å²) in [5.74, 6) is 1.75. The van der Waals surface area contributed by atoms with Crippen molar-refractivity contribution in [3.05, 3.63) is 60.6 Å². The zero-order chi connectivity index (χ0) is 14.9. The Morgan fingerprint density at radius 3 is 2.82 bits per heavy atom. The van der Waals surface area contributed by atoms with E-state index in [9.17, 15) is 0 Å². The molecule has 0 saturated heterocycles. The van der Waals surface area contributed by atoms with Gasteiger partial charge in [0.15, 0.2) is 5.65 Å². The quantitative estimate of drug-likeness (QED) is 0.579. The predicted molar refractivity (Wildman–Crippen MR) is 85.7 cm³/mol. The average Bonchev–Trinajstić information content (AvgIpc) is 2.96. The lowest BCUT2D eigenvalue weighted by atomic mass is 10.2. The summed E-state index contributed by atoms with van der Waals surface area (Å²) in [5, 5.41) is 1.11. The van der Waals surface area contributed by atoms with E-state index in [0.717, 1.165) is 28.1 Å². The summed E-state index contributed by atoms with van der Waals surface area (Å²) >= 11 is 0. The van der Waals surface area contributed by atoms with Crippen LogP contribution in [-0.2, 0) is 6.54 Å². The Bertz CT molecular complexity index is 914. The third kappa shape index (κ3) is 2.26. The minimum atomic E-state index is 0.646. The first-order chi connectivity index (χ1) is 10.8. The number of furan rings is 1. The van der Waals surface area contributed by atoms with Crippen LogP contribution in [0.2, 0.25) is 0 Å². The van der Waals surface area contributed by atoms with Crippen molar-refractivity contribution in [3.63, 3.8) is 0 Å². The molecular weight excluding hydrogens is 276 g/mol. The Morgan fingerprint density at radius 2 is 1.91 bits per heavy atom. The molecule has 4 aromatic rings. The Morgan fingerprint density at radius 1 is 1.05 bits per heavy atom. The molecule has 0 fully saturated rings. The number of hydrogen-bond donors (Lipinski definition) is 0. The number of para-hydroxylation sites is 1. The maximum atomic E-state index is 5.85. The van der Waals surface area contributed by atoms with Crippen LogP contribution in [0.25, 0.3) is 22.1 Å². The lowest BCUT2D eigenvalue weighted by molar-refractivity contribution is 0.545. The monoisotopic (exact) mass is 290 g/mol. The zero-order valence-electron chi connectivity index (χ0n) is 12.1. The normalized spacial score (nSPS) is 11.1. The van der Waals surface area contributed by atoms with E-state index >= 15 is 0 Å². The fourth-order valence-corrected chi connectivity index (χ4v) is 2.49. The standard InChI is InChI=1S/C17H14N4O/c1-21(11-13-10-12-4-2-3-5-15(12)22-13)16-7-6-14-17(20-16)19-9-8-18-14/h2-10H,11H2,1H3. The van der Waals surface area contributed by atoms with Gasteiger partial charge in [0.2, 0.25) is 0 Å². The smallest absolute Gasteiger partial charge is 0.180 e. The molecule has 4 rings (SSSR count). The number of fused-ring (bicyclic) bond motifs is 2. The van der Waals surface area contributed by atoms with Crippen LogP contribution in [0.5, 0.6) is 0 Å². The molecule has 3 heterocycles. The predicted octanol–water partition coefficient (Wildman–Crippen LogP) is 3.41. The fraction of sp³-hybridized carbons (Fsp3) is 0.118. The number of benzene rings is 1. The van der Waals surface area contributed by atoms with Crippen LogP contribution in [0.3, 0.4) is 0 Å². The van der Waals surface area contributed by atoms with Crippen molar-refractivity contribution >= 4 is 28.0 Å². The van der Waals surface area contributed by atoms with Crippen LogP contribution in [0, 0.1) is 0 Å². The third-order valence-corrected chi connectivity index (χ3v) is 3.58. The first-order valence-electron chi connectivity index (χ1n) is 7.06. The Labute approximate surface area is 127 Å². The molecular formula is C17H14N4O.